The average Bonchev–Trinajstić information content (AvgIpc) is 2.32. The van der Waals surface area contributed by atoms with Crippen LogP contribution in [0.1, 0.15) is 17.2 Å². The molecule has 0 aliphatic rings. The van der Waals surface area contributed by atoms with Crippen LogP contribution in [-0.4, -0.2) is 0 Å². The summed E-state index contributed by atoms with van der Waals surface area (Å²) in [6, 6.07) is 10.4. The Labute approximate surface area is 113 Å². The summed E-state index contributed by atoms with van der Waals surface area (Å²) in [6.45, 7) is 0. The molecule has 2 N–H and O–H groups in total. The quantitative estimate of drug-likeness (QED) is 0.912. The number of halogens is 3. The van der Waals surface area contributed by atoms with Gasteiger partial charge in [-0.1, -0.05) is 34.1 Å². The van der Waals surface area contributed by atoms with Crippen LogP contribution in [0, 0.1) is 11.6 Å². The molecule has 0 saturated carbocycles. The molecular weight excluding hydrogens is 300 g/mol. The standard InChI is InChI=1S/C14H12BrF2N/c15-13-8-12(17)5-4-9(13)7-14(18)10-2-1-3-11(16)6-10/h1-6,8,14H,7,18H2. The van der Waals surface area contributed by atoms with Gasteiger partial charge in [-0.05, 0) is 41.8 Å². The molecule has 0 saturated heterocycles. The molecule has 0 heterocycles. The van der Waals surface area contributed by atoms with Gasteiger partial charge in [-0.2, -0.15) is 0 Å². The third-order valence-corrected chi connectivity index (χ3v) is 3.47. The molecule has 0 aliphatic carbocycles. The van der Waals surface area contributed by atoms with Crippen LogP contribution >= 0.6 is 15.9 Å². The molecule has 2 aromatic rings. The summed E-state index contributed by atoms with van der Waals surface area (Å²) in [6.07, 6.45) is 0.518. The maximum absolute atomic E-state index is 13.1. The van der Waals surface area contributed by atoms with Gasteiger partial charge in [0.05, 0.1) is 0 Å². The van der Waals surface area contributed by atoms with Crippen molar-refractivity contribution in [2.24, 2.45) is 5.73 Å². The zero-order chi connectivity index (χ0) is 13.1. The van der Waals surface area contributed by atoms with E-state index in [1.54, 1.807) is 18.2 Å². The van der Waals surface area contributed by atoms with Gasteiger partial charge in [0.2, 0.25) is 0 Å². The fourth-order valence-electron chi connectivity index (χ4n) is 1.78. The number of rotatable bonds is 3. The van der Waals surface area contributed by atoms with Crippen LogP contribution in [0.25, 0.3) is 0 Å². The van der Waals surface area contributed by atoms with Crippen molar-refractivity contribution >= 4 is 15.9 Å². The van der Waals surface area contributed by atoms with E-state index in [1.165, 1.54) is 24.3 Å². The van der Waals surface area contributed by atoms with E-state index < -0.39 is 0 Å². The van der Waals surface area contributed by atoms with Gasteiger partial charge in [0, 0.05) is 10.5 Å². The smallest absolute Gasteiger partial charge is 0.124 e. The Morgan fingerprint density at radius 2 is 1.78 bits per heavy atom. The largest absolute Gasteiger partial charge is 0.324 e. The van der Waals surface area contributed by atoms with Crippen molar-refractivity contribution < 1.29 is 8.78 Å². The molecule has 0 radical (unpaired) electrons. The van der Waals surface area contributed by atoms with E-state index in [0.29, 0.717) is 10.9 Å². The van der Waals surface area contributed by atoms with Crippen molar-refractivity contribution in [2.45, 2.75) is 12.5 Å². The molecule has 1 nitrogen and oxygen atoms in total. The molecule has 2 rings (SSSR count). The third kappa shape index (κ3) is 3.15. The van der Waals surface area contributed by atoms with Crippen LogP contribution in [0.5, 0.6) is 0 Å². The molecule has 0 fully saturated rings. The van der Waals surface area contributed by atoms with Crippen molar-refractivity contribution in [1.29, 1.82) is 0 Å². The Bertz CT molecular complexity index is 557. The summed E-state index contributed by atoms with van der Waals surface area (Å²) in [5.41, 5.74) is 7.65. The Hall–Kier alpha value is -1.26. The predicted molar refractivity (Wildman–Crippen MR) is 71.1 cm³/mol. The fourth-order valence-corrected chi connectivity index (χ4v) is 2.29. The van der Waals surface area contributed by atoms with E-state index in [1.807, 2.05) is 0 Å². The van der Waals surface area contributed by atoms with E-state index in [4.69, 9.17) is 5.73 Å². The van der Waals surface area contributed by atoms with Gasteiger partial charge in [0.1, 0.15) is 11.6 Å². The molecule has 18 heavy (non-hydrogen) atoms. The summed E-state index contributed by atoms with van der Waals surface area (Å²) in [5, 5.41) is 0. The van der Waals surface area contributed by atoms with Crippen LogP contribution in [0.15, 0.2) is 46.9 Å². The summed E-state index contributed by atoms with van der Waals surface area (Å²) in [7, 11) is 0. The van der Waals surface area contributed by atoms with Crippen LogP contribution in [0.2, 0.25) is 0 Å². The molecule has 0 aliphatic heterocycles. The molecule has 1 unspecified atom stereocenters. The summed E-state index contributed by atoms with van der Waals surface area (Å²) >= 11 is 3.29. The highest BCUT2D eigenvalue weighted by Crippen LogP contribution is 2.23. The lowest BCUT2D eigenvalue weighted by atomic mass is 10.00. The lowest BCUT2D eigenvalue weighted by Crippen LogP contribution is -2.13. The van der Waals surface area contributed by atoms with Gasteiger partial charge in [0.25, 0.3) is 0 Å². The fraction of sp³-hybridized carbons (Fsp3) is 0.143. The number of nitrogens with two attached hydrogens (primary N) is 1. The maximum Gasteiger partial charge on any atom is 0.124 e. The van der Waals surface area contributed by atoms with E-state index in [2.05, 4.69) is 15.9 Å². The van der Waals surface area contributed by atoms with Crippen molar-refractivity contribution in [2.75, 3.05) is 0 Å². The SMILES string of the molecule is NC(Cc1ccc(F)cc1Br)c1cccc(F)c1. The van der Waals surface area contributed by atoms with Crippen molar-refractivity contribution in [1.82, 2.24) is 0 Å². The molecule has 94 valence electrons. The minimum atomic E-state index is -0.317. The van der Waals surface area contributed by atoms with Gasteiger partial charge >= 0.3 is 0 Å². The summed E-state index contributed by atoms with van der Waals surface area (Å²) in [4.78, 5) is 0. The second-order valence-electron chi connectivity index (χ2n) is 4.10. The lowest BCUT2D eigenvalue weighted by Gasteiger charge is -2.13. The molecule has 0 bridgehead atoms. The molecule has 4 heteroatoms. The number of hydrogen-bond donors (Lipinski definition) is 1. The van der Waals surface area contributed by atoms with Gasteiger partial charge < -0.3 is 5.73 Å². The summed E-state index contributed by atoms with van der Waals surface area (Å²) in [5.74, 6) is -0.605. The van der Waals surface area contributed by atoms with E-state index in [-0.39, 0.29) is 17.7 Å². The second kappa shape index (κ2) is 5.59. The molecule has 2 aromatic carbocycles. The van der Waals surface area contributed by atoms with E-state index in [9.17, 15) is 8.78 Å². The van der Waals surface area contributed by atoms with Gasteiger partial charge in [-0.15, -0.1) is 0 Å². The Balaban J connectivity index is 2.18. The van der Waals surface area contributed by atoms with E-state index in [0.717, 1.165) is 11.1 Å². The highest BCUT2D eigenvalue weighted by molar-refractivity contribution is 9.10. The minimum absolute atomic E-state index is 0.301. The minimum Gasteiger partial charge on any atom is -0.324 e. The Morgan fingerprint density at radius 1 is 1.06 bits per heavy atom. The lowest BCUT2D eigenvalue weighted by molar-refractivity contribution is 0.616. The second-order valence-corrected chi connectivity index (χ2v) is 4.96. The van der Waals surface area contributed by atoms with Gasteiger partial charge in [0.15, 0.2) is 0 Å². The van der Waals surface area contributed by atoms with Crippen LogP contribution in [-0.2, 0) is 6.42 Å². The van der Waals surface area contributed by atoms with Gasteiger partial charge in [-0.25, -0.2) is 8.78 Å². The molecule has 0 aromatic heterocycles. The normalized spacial score (nSPS) is 12.4. The molecular formula is C14H12BrF2N. The first-order chi connectivity index (χ1) is 8.56. The molecule has 1 atom stereocenters. The van der Waals surface area contributed by atoms with Crippen LogP contribution in [0.4, 0.5) is 8.78 Å². The number of hydrogen-bond acceptors (Lipinski definition) is 1. The zero-order valence-corrected chi connectivity index (χ0v) is 11.1. The zero-order valence-electron chi connectivity index (χ0n) is 9.54. The highest BCUT2D eigenvalue weighted by Gasteiger charge is 2.10. The van der Waals surface area contributed by atoms with Gasteiger partial charge in [-0.3, -0.25) is 0 Å². The summed E-state index contributed by atoms with van der Waals surface area (Å²) < 4.78 is 26.7. The predicted octanol–water partition coefficient (Wildman–Crippen LogP) is 3.97. The molecule has 0 spiro atoms. The van der Waals surface area contributed by atoms with E-state index >= 15 is 0 Å². The Kier molecular flexibility index (Phi) is 4.09. The molecule has 0 amide bonds. The topological polar surface area (TPSA) is 26.0 Å². The van der Waals surface area contributed by atoms with Crippen LogP contribution in [0.3, 0.4) is 0 Å². The monoisotopic (exact) mass is 311 g/mol. The average molecular weight is 312 g/mol. The maximum atomic E-state index is 13.1. The first-order valence-electron chi connectivity index (χ1n) is 5.51. The highest BCUT2D eigenvalue weighted by atomic mass is 79.9. The Morgan fingerprint density at radius 3 is 2.44 bits per heavy atom. The number of benzene rings is 2. The first kappa shape index (κ1) is 13.2. The van der Waals surface area contributed by atoms with Crippen molar-refractivity contribution in [3.63, 3.8) is 0 Å². The van der Waals surface area contributed by atoms with Crippen molar-refractivity contribution in [3.05, 3.63) is 69.7 Å². The first-order valence-corrected chi connectivity index (χ1v) is 6.30. The third-order valence-electron chi connectivity index (χ3n) is 2.73. The van der Waals surface area contributed by atoms with Crippen LogP contribution < -0.4 is 5.73 Å². The van der Waals surface area contributed by atoms with Crippen molar-refractivity contribution in [3.8, 4) is 0 Å².